The maximum Gasteiger partial charge on any atom is 0.252 e. The molecule has 0 atom stereocenters. The molecule has 6 heteroatoms. The van der Waals surface area contributed by atoms with Crippen molar-refractivity contribution in [1.29, 1.82) is 0 Å². The van der Waals surface area contributed by atoms with Crippen LogP contribution in [0.1, 0.15) is 16.7 Å². The molecule has 0 spiro atoms. The summed E-state index contributed by atoms with van der Waals surface area (Å²) in [6.07, 6.45) is 1.73. The Labute approximate surface area is 152 Å². The highest BCUT2D eigenvalue weighted by Crippen LogP contribution is 2.23. The Balaban J connectivity index is 1.91. The van der Waals surface area contributed by atoms with Gasteiger partial charge in [0.05, 0.1) is 6.54 Å². The molecule has 1 aliphatic rings. The lowest BCUT2D eigenvalue weighted by molar-refractivity contribution is 0.232. The van der Waals surface area contributed by atoms with Gasteiger partial charge in [0.25, 0.3) is 5.56 Å². The zero-order chi connectivity index (χ0) is 17.1. The molecule has 0 saturated carbocycles. The van der Waals surface area contributed by atoms with E-state index in [-0.39, 0.29) is 5.56 Å². The van der Waals surface area contributed by atoms with Crippen molar-refractivity contribution in [3.05, 3.63) is 67.6 Å². The molecule has 0 amide bonds. The maximum absolute atomic E-state index is 12.1. The van der Waals surface area contributed by atoms with Gasteiger partial charge < -0.3 is 9.88 Å². The van der Waals surface area contributed by atoms with Crippen molar-refractivity contribution in [2.45, 2.75) is 20.0 Å². The van der Waals surface area contributed by atoms with Gasteiger partial charge in [-0.2, -0.15) is 0 Å². The van der Waals surface area contributed by atoms with Gasteiger partial charge in [-0.05, 0) is 41.8 Å². The number of nitrogens with one attached hydrogen (secondary N) is 1. The van der Waals surface area contributed by atoms with Crippen LogP contribution in [-0.2, 0) is 13.1 Å². The van der Waals surface area contributed by atoms with Gasteiger partial charge in [-0.3, -0.25) is 9.69 Å². The van der Waals surface area contributed by atoms with Gasteiger partial charge in [0.1, 0.15) is 0 Å². The Bertz CT molecular complexity index is 782. The number of benzene rings is 1. The third-order valence-corrected chi connectivity index (χ3v) is 4.87. The van der Waals surface area contributed by atoms with E-state index in [9.17, 15) is 4.79 Å². The summed E-state index contributed by atoms with van der Waals surface area (Å²) in [5, 5.41) is 4.53. The number of aromatic nitrogens is 1. The fourth-order valence-electron chi connectivity index (χ4n) is 3.10. The topological polar surface area (TPSA) is 37.3 Å². The van der Waals surface area contributed by atoms with Crippen molar-refractivity contribution >= 4 is 23.2 Å². The number of halogens is 2. The molecule has 3 rings (SSSR count). The predicted molar refractivity (Wildman–Crippen MR) is 99.1 cm³/mol. The number of pyridine rings is 1. The third-order valence-electron chi connectivity index (χ3n) is 4.42. The highest BCUT2D eigenvalue weighted by atomic mass is 35.5. The van der Waals surface area contributed by atoms with E-state index in [0.717, 1.165) is 43.9 Å². The minimum atomic E-state index is -0.103. The fraction of sp³-hybridized carbons (Fsp3) is 0.389. The van der Waals surface area contributed by atoms with Crippen molar-refractivity contribution in [2.24, 2.45) is 0 Å². The lowest BCUT2D eigenvalue weighted by atomic mass is 10.0. The van der Waals surface area contributed by atoms with Crippen molar-refractivity contribution < 1.29 is 0 Å². The van der Waals surface area contributed by atoms with Crippen LogP contribution in [0.15, 0.2) is 35.3 Å². The van der Waals surface area contributed by atoms with Gasteiger partial charge in [0.15, 0.2) is 0 Å². The molecule has 1 aromatic heterocycles. The van der Waals surface area contributed by atoms with E-state index in [1.54, 1.807) is 16.8 Å². The molecule has 1 fully saturated rings. The number of hydrogen-bond donors (Lipinski definition) is 1. The van der Waals surface area contributed by atoms with Gasteiger partial charge in [0, 0.05) is 55.0 Å². The number of aryl methyl sites for hydroxylation is 1. The number of nitrogens with zero attached hydrogens (tertiary/aromatic N) is 2. The van der Waals surface area contributed by atoms with E-state index in [1.165, 1.54) is 11.6 Å². The second-order valence-corrected chi connectivity index (χ2v) is 7.07. The first kappa shape index (κ1) is 17.5. The van der Waals surface area contributed by atoms with Crippen molar-refractivity contribution in [3.63, 3.8) is 0 Å². The van der Waals surface area contributed by atoms with Gasteiger partial charge >= 0.3 is 0 Å². The van der Waals surface area contributed by atoms with Crippen LogP contribution in [0.4, 0.5) is 0 Å². The summed E-state index contributed by atoms with van der Waals surface area (Å²) in [6.45, 7) is 7.54. The zero-order valence-corrected chi connectivity index (χ0v) is 15.2. The number of piperazine rings is 1. The second-order valence-electron chi connectivity index (χ2n) is 6.20. The first-order valence-corrected chi connectivity index (χ1v) is 8.85. The molecule has 2 heterocycles. The van der Waals surface area contributed by atoms with E-state index in [0.29, 0.717) is 16.6 Å². The molecule has 0 radical (unpaired) electrons. The minimum Gasteiger partial charge on any atom is -0.314 e. The van der Waals surface area contributed by atoms with E-state index in [4.69, 9.17) is 23.2 Å². The van der Waals surface area contributed by atoms with E-state index in [1.807, 2.05) is 12.1 Å². The van der Waals surface area contributed by atoms with Crippen LogP contribution in [-0.4, -0.2) is 35.6 Å². The van der Waals surface area contributed by atoms with Gasteiger partial charge in [0.2, 0.25) is 0 Å². The summed E-state index contributed by atoms with van der Waals surface area (Å²) in [6, 6.07) is 7.13. The summed E-state index contributed by atoms with van der Waals surface area (Å²) < 4.78 is 1.66. The van der Waals surface area contributed by atoms with Crippen molar-refractivity contribution in [3.8, 4) is 0 Å². The lowest BCUT2D eigenvalue weighted by Crippen LogP contribution is -2.43. The average molecular weight is 366 g/mol. The monoisotopic (exact) mass is 365 g/mol. The molecule has 1 saturated heterocycles. The molecule has 1 aromatic carbocycles. The SMILES string of the molecule is Cc1cc(Cl)cc(Cn2ccc(Cl)cc2=O)c1CN1CCNCC1. The average Bonchev–Trinajstić information content (AvgIpc) is 2.54. The van der Waals surface area contributed by atoms with Gasteiger partial charge in [-0.25, -0.2) is 0 Å². The van der Waals surface area contributed by atoms with Crippen LogP contribution in [0.5, 0.6) is 0 Å². The quantitative estimate of drug-likeness (QED) is 0.904. The van der Waals surface area contributed by atoms with Crippen molar-refractivity contribution in [2.75, 3.05) is 26.2 Å². The van der Waals surface area contributed by atoms with E-state index < -0.39 is 0 Å². The lowest BCUT2D eigenvalue weighted by Gasteiger charge is -2.29. The molecular weight excluding hydrogens is 345 g/mol. The Kier molecular flexibility index (Phi) is 5.61. The van der Waals surface area contributed by atoms with Crippen LogP contribution < -0.4 is 10.9 Å². The van der Waals surface area contributed by atoms with Crippen LogP contribution in [0.2, 0.25) is 10.0 Å². The Morgan fingerprint density at radius 1 is 1.08 bits per heavy atom. The molecule has 1 aliphatic heterocycles. The molecule has 4 nitrogen and oxygen atoms in total. The molecule has 128 valence electrons. The normalized spacial score (nSPS) is 15.6. The first-order chi connectivity index (χ1) is 11.5. The largest absolute Gasteiger partial charge is 0.314 e. The molecule has 0 bridgehead atoms. The second kappa shape index (κ2) is 7.70. The highest BCUT2D eigenvalue weighted by molar-refractivity contribution is 6.30. The zero-order valence-electron chi connectivity index (χ0n) is 13.7. The van der Waals surface area contributed by atoms with Crippen LogP contribution in [0, 0.1) is 6.92 Å². The Hall–Kier alpha value is -1.33. The minimum absolute atomic E-state index is 0.103. The van der Waals surface area contributed by atoms with Crippen LogP contribution in [0.3, 0.4) is 0 Å². The van der Waals surface area contributed by atoms with Crippen LogP contribution >= 0.6 is 23.2 Å². The molecule has 1 N–H and O–H groups in total. The van der Waals surface area contributed by atoms with Crippen LogP contribution in [0.25, 0.3) is 0 Å². The molecule has 24 heavy (non-hydrogen) atoms. The van der Waals surface area contributed by atoms with Crippen molar-refractivity contribution in [1.82, 2.24) is 14.8 Å². The van der Waals surface area contributed by atoms with Gasteiger partial charge in [-0.15, -0.1) is 0 Å². The highest BCUT2D eigenvalue weighted by Gasteiger charge is 2.15. The first-order valence-electron chi connectivity index (χ1n) is 8.10. The molecular formula is C18H21Cl2N3O. The Morgan fingerprint density at radius 3 is 2.54 bits per heavy atom. The molecule has 0 unspecified atom stereocenters. The smallest absolute Gasteiger partial charge is 0.252 e. The molecule has 0 aliphatic carbocycles. The summed E-state index contributed by atoms with van der Waals surface area (Å²) in [4.78, 5) is 14.6. The summed E-state index contributed by atoms with van der Waals surface area (Å²) >= 11 is 12.1. The fourth-order valence-corrected chi connectivity index (χ4v) is 3.55. The summed E-state index contributed by atoms with van der Waals surface area (Å²) in [7, 11) is 0. The van der Waals surface area contributed by atoms with E-state index >= 15 is 0 Å². The standard InChI is InChI=1S/C18H21Cl2N3O/c1-13-8-16(20)9-14(11-23-5-2-15(19)10-18(23)24)17(13)12-22-6-3-21-4-7-22/h2,5,8-10,21H,3-4,6-7,11-12H2,1H3. The number of hydrogen-bond acceptors (Lipinski definition) is 3. The maximum atomic E-state index is 12.1. The Morgan fingerprint density at radius 2 is 1.83 bits per heavy atom. The summed E-state index contributed by atoms with van der Waals surface area (Å²) in [5.41, 5.74) is 3.40. The third kappa shape index (κ3) is 4.19. The molecule has 2 aromatic rings. The number of rotatable bonds is 4. The predicted octanol–water partition coefficient (Wildman–Crippen LogP) is 2.92. The van der Waals surface area contributed by atoms with E-state index in [2.05, 4.69) is 17.1 Å². The van der Waals surface area contributed by atoms with Gasteiger partial charge in [-0.1, -0.05) is 23.2 Å². The summed E-state index contributed by atoms with van der Waals surface area (Å²) in [5.74, 6) is 0.